The molecule has 11 heteroatoms. The van der Waals surface area contributed by atoms with Gasteiger partial charge >= 0.3 is 23.9 Å². The number of nitrogens with zero attached hydrogens (tertiary/aromatic N) is 1. The van der Waals surface area contributed by atoms with Crippen LogP contribution in [0.25, 0.3) is 0 Å². The number of hydrogen-bond acceptors (Lipinski definition) is 11. The number of furan rings is 1. The van der Waals surface area contributed by atoms with Crippen molar-refractivity contribution >= 4 is 23.9 Å². The zero-order chi connectivity index (χ0) is 29.7. The molecule has 11 nitrogen and oxygen atoms in total. The Labute approximate surface area is 237 Å². The zero-order valence-corrected chi connectivity index (χ0v) is 23.9. The van der Waals surface area contributed by atoms with Gasteiger partial charge in [0.1, 0.15) is 30.2 Å². The van der Waals surface area contributed by atoms with E-state index in [1.165, 1.54) is 44.8 Å². The lowest BCUT2D eigenvalue weighted by Crippen LogP contribution is -2.76. The maximum absolute atomic E-state index is 13.5. The molecule has 0 unspecified atom stereocenters. The van der Waals surface area contributed by atoms with Crippen LogP contribution >= 0.6 is 0 Å². The number of esters is 4. The number of fused-ring (bicyclic) bond motifs is 1. The Morgan fingerprint density at radius 3 is 2.20 bits per heavy atom. The molecule has 1 aliphatic heterocycles. The zero-order valence-electron chi connectivity index (χ0n) is 23.9. The first-order chi connectivity index (χ1) is 19.3. The molecule has 1 saturated heterocycles. The summed E-state index contributed by atoms with van der Waals surface area (Å²) in [6.07, 6.45) is 2.50. The third kappa shape index (κ3) is 4.50. The van der Waals surface area contributed by atoms with Crippen molar-refractivity contribution in [3.63, 3.8) is 0 Å². The van der Waals surface area contributed by atoms with Gasteiger partial charge in [-0.05, 0) is 57.7 Å². The first-order valence-corrected chi connectivity index (χ1v) is 13.7. The van der Waals surface area contributed by atoms with Gasteiger partial charge in [0.05, 0.1) is 34.3 Å². The minimum atomic E-state index is -1.32. The Morgan fingerprint density at radius 2 is 1.59 bits per heavy atom. The van der Waals surface area contributed by atoms with Crippen LogP contribution in [0.4, 0.5) is 0 Å². The topological polar surface area (TPSA) is 140 Å². The van der Waals surface area contributed by atoms with Gasteiger partial charge in [-0.25, -0.2) is 9.59 Å². The summed E-state index contributed by atoms with van der Waals surface area (Å²) in [5.74, 6) is -3.49. The number of carbonyl (C=O) groups excluding carboxylic acids is 4. The van der Waals surface area contributed by atoms with Crippen LogP contribution in [0.3, 0.4) is 0 Å². The molecule has 41 heavy (non-hydrogen) atoms. The molecule has 1 spiro atoms. The summed E-state index contributed by atoms with van der Waals surface area (Å²) in [5, 5.41) is 0. The number of carbonyl (C=O) groups is 4. The molecule has 0 radical (unpaired) electrons. The molecular formula is C30H35NO10. The smallest absolute Gasteiger partial charge is 0.341 e. The standard InChI is InChI=1S/C30H35NO10/c1-16-9-10-21(37-17(2)32)29(6)25(40-26(34)19-8-7-12-31-14-19)23(38-18(3)33)22-24(30(16,29)41-28(22,4)5)39-27(35)20-11-13-36-15-20/h7-8,11-16,21-25H,9-10H2,1-6H3/t16-,21+,22+,23+,24-,25+,29-,30+/m1/s1. The first kappa shape index (κ1) is 28.8. The molecule has 3 fully saturated rings. The molecule has 220 valence electrons. The summed E-state index contributed by atoms with van der Waals surface area (Å²) in [5.41, 5.74) is -3.24. The van der Waals surface area contributed by atoms with Crippen molar-refractivity contribution in [3.05, 3.63) is 54.2 Å². The molecule has 3 aliphatic rings. The average molecular weight is 570 g/mol. The van der Waals surface area contributed by atoms with Crippen LogP contribution in [0, 0.1) is 17.3 Å². The van der Waals surface area contributed by atoms with Gasteiger partial charge in [0.15, 0.2) is 6.10 Å². The van der Waals surface area contributed by atoms with Gasteiger partial charge in [0.2, 0.25) is 0 Å². The van der Waals surface area contributed by atoms with Crippen LogP contribution in [0.15, 0.2) is 47.5 Å². The maximum Gasteiger partial charge on any atom is 0.341 e. The number of rotatable bonds is 6. The molecule has 2 aliphatic carbocycles. The summed E-state index contributed by atoms with van der Waals surface area (Å²) in [6, 6.07) is 4.66. The lowest BCUT2D eigenvalue weighted by molar-refractivity contribution is -0.296. The van der Waals surface area contributed by atoms with E-state index in [9.17, 15) is 19.2 Å². The number of hydrogen-bond donors (Lipinski definition) is 0. The van der Waals surface area contributed by atoms with E-state index >= 15 is 0 Å². The fourth-order valence-corrected chi connectivity index (χ4v) is 7.48. The van der Waals surface area contributed by atoms with E-state index in [1.54, 1.807) is 19.1 Å². The second-order valence-corrected chi connectivity index (χ2v) is 11.9. The van der Waals surface area contributed by atoms with E-state index in [0.717, 1.165) is 0 Å². The fraction of sp³-hybridized carbons (Fsp3) is 0.567. The molecule has 3 heterocycles. The molecule has 2 aromatic heterocycles. The highest BCUT2D eigenvalue weighted by Crippen LogP contribution is 2.68. The molecule has 2 bridgehead atoms. The second kappa shape index (κ2) is 10.3. The van der Waals surface area contributed by atoms with Gasteiger partial charge < -0.3 is 28.1 Å². The van der Waals surface area contributed by atoms with Crippen LogP contribution in [0.5, 0.6) is 0 Å². The largest absolute Gasteiger partial charge is 0.472 e. The second-order valence-electron chi connectivity index (χ2n) is 11.9. The van der Waals surface area contributed by atoms with Crippen molar-refractivity contribution in [2.75, 3.05) is 0 Å². The third-order valence-corrected chi connectivity index (χ3v) is 9.06. The highest BCUT2D eigenvalue weighted by atomic mass is 16.6. The monoisotopic (exact) mass is 569 g/mol. The van der Waals surface area contributed by atoms with Crippen molar-refractivity contribution in [1.82, 2.24) is 4.98 Å². The summed E-state index contributed by atoms with van der Waals surface area (Å²) >= 11 is 0. The van der Waals surface area contributed by atoms with Crippen LogP contribution in [0.2, 0.25) is 0 Å². The molecular weight excluding hydrogens is 534 g/mol. The van der Waals surface area contributed by atoms with Gasteiger partial charge in [0.25, 0.3) is 0 Å². The SMILES string of the molecule is CC(=O)O[C@H]1[C@H]2[C@@H](OC(=O)c3ccoc3)[C@@]3(OC2(C)C)[C@H](C)CC[C@H](OC(C)=O)[C@]3(C)[C@H]1OC(=O)c1cccnc1. The van der Waals surface area contributed by atoms with E-state index in [-0.39, 0.29) is 17.0 Å². The Bertz CT molecular complexity index is 1320. The van der Waals surface area contributed by atoms with Crippen LogP contribution in [-0.2, 0) is 33.3 Å². The predicted octanol–water partition coefficient (Wildman–Crippen LogP) is 3.90. The molecule has 0 aromatic carbocycles. The summed E-state index contributed by atoms with van der Waals surface area (Å²) in [6.45, 7) is 9.99. The van der Waals surface area contributed by atoms with Gasteiger partial charge in [0, 0.05) is 26.2 Å². The fourth-order valence-electron chi connectivity index (χ4n) is 7.48. The normalized spacial score (nSPS) is 35.1. The molecule has 0 N–H and O–H groups in total. The van der Waals surface area contributed by atoms with E-state index in [4.69, 9.17) is 28.1 Å². The number of pyridine rings is 1. The number of ether oxygens (including phenoxy) is 5. The Morgan fingerprint density at radius 1 is 0.902 bits per heavy atom. The molecule has 5 rings (SSSR count). The average Bonchev–Trinajstić information content (AvgIpc) is 3.51. The van der Waals surface area contributed by atoms with Crippen molar-refractivity contribution in [2.45, 2.75) is 90.0 Å². The molecule has 0 amide bonds. The highest BCUT2D eigenvalue weighted by molar-refractivity contribution is 5.90. The minimum absolute atomic E-state index is 0.195. The van der Waals surface area contributed by atoms with Crippen molar-refractivity contribution < 1.29 is 47.3 Å². The van der Waals surface area contributed by atoms with Crippen molar-refractivity contribution in [3.8, 4) is 0 Å². The van der Waals surface area contributed by atoms with Crippen LogP contribution < -0.4 is 0 Å². The molecule has 2 saturated carbocycles. The molecule has 8 atom stereocenters. The van der Waals surface area contributed by atoms with E-state index in [1.807, 2.05) is 20.8 Å². The van der Waals surface area contributed by atoms with Gasteiger partial charge in [-0.1, -0.05) is 6.92 Å². The summed E-state index contributed by atoms with van der Waals surface area (Å²) in [4.78, 5) is 55.9. The van der Waals surface area contributed by atoms with Crippen molar-refractivity contribution in [2.24, 2.45) is 17.3 Å². The lowest BCUT2D eigenvalue weighted by Gasteiger charge is -2.62. The first-order valence-electron chi connectivity index (χ1n) is 13.7. The quantitative estimate of drug-likeness (QED) is 0.369. The van der Waals surface area contributed by atoms with Gasteiger partial charge in [-0.3, -0.25) is 14.6 Å². The van der Waals surface area contributed by atoms with E-state index in [0.29, 0.717) is 12.8 Å². The lowest BCUT2D eigenvalue weighted by atomic mass is 9.48. The predicted molar refractivity (Wildman–Crippen MR) is 140 cm³/mol. The maximum atomic E-state index is 13.5. The van der Waals surface area contributed by atoms with Crippen LogP contribution in [0.1, 0.15) is 75.1 Å². The number of aromatic nitrogens is 1. The van der Waals surface area contributed by atoms with Gasteiger partial charge in [-0.15, -0.1) is 0 Å². The van der Waals surface area contributed by atoms with Gasteiger partial charge in [-0.2, -0.15) is 0 Å². The molecule has 2 aromatic rings. The van der Waals surface area contributed by atoms with E-state index in [2.05, 4.69) is 4.98 Å². The van der Waals surface area contributed by atoms with Crippen LogP contribution in [-0.4, -0.2) is 64.5 Å². The minimum Gasteiger partial charge on any atom is -0.472 e. The van der Waals surface area contributed by atoms with E-state index < -0.39 is 70.8 Å². The summed E-state index contributed by atoms with van der Waals surface area (Å²) < 4.78 is 36.4. The summed E-state index contributed by atoms with van der Waals surface area (Å²) in [7, 11) is 0. The Hall–Kier alpha value is -3.73. The highest BCUT2D eigenvalue weighted by Gasteiger charge is 2.82. The Kier molecular flexibility index (Phi) is 7.21. The van der Waals surface area contributed by atoms with Crippen molar-refractivity contribution in [1.29, 1.82) is 0 Å². The third-order valence-electron chi connectivity index (χ3n) is 9.06. The Balaban J connectivity index is 1.71.